The third kappa shape index (κ3) is 4.23. The lowest BCUT2D eigenvalue weighted by Crippen LogP contribution is -2.10. The van der Waals surface area contributed by atoms with Crippen LogP contribution in [0, 0.1) is 0 Å². The van der Waals surface area contributed by atoms with Crippen LogP contribution in [0.4, 0.5) is 34.1 Å². The van der Waals surface area contributed by atoms with Crippen LogP contribution in [-0.2, 0) is 0 Å². The molecular formula is C42H28N2O2. The highest BCUT2D eigenvalue weighted by molar-refractivity contribution is 6.14. The number of hydrogen-bond acceptors (Lipinski definition) is 4. The highest BCUT2D eigenvalue weighted by Crippen LogP contribution is 2.46. The number of nitrogens with zero attached hydrogens (tertiary/aromatic N) is 2. The van der Waals surface area contributed by atoms with Crippen molar-refractivity contribution in [2.45, 2.75) is 0 Å². The van der Waals surface area contributed by atoms with Crippen LogP contribution in [0.25, 0.3) is 43.9 Å². The average molecular weight is 593 g/mol. The molecule has 0 unspecified atom stereocenters. The third-order valence-electron chi connectivity index (χ3n) is 8.63. The van der Waals surface area contributed by atoms with Gasteiger partial charge >= 0.3 is 0 Å². The van der Waals surface area contributed by atoms with E-state index in [2.05, 4.69) is 143 Å². The van der Waals surface area contributed by atoms with Gasteiger partial charge in [-0.3, -0.25) is 0 Å². The average Bonchev–Trinajstić information content (AvgIpc) is 3.69. The van der Waals surface area contributed by atoms with Gasteiger partial charge in [-0.2, -0.15) is 0 Å². The van der Waals surface area contributed by atoms with Crippen LogP contribution < -0.4 is 9.80 Å². The summed E-state index contributed by atoms with van der Waals surface area (Å²) in [6.45, 7) is 0. The largest absolute Gasteiger partial charge is 0.456 e. The van der Waals surface area contributed by atoms with Gasteiger partial charge in [0.2, 0.25) is 0 Å². The number of fused-ring (bicyclic) bond motifs is 6. The molecule has 46 heavy (non-hydrogen) atoms. The molecule has 0 amide bonds. The standard InChI is InChI=1S/C42H28N2O2/c1-4-14-29(15-5-1)43(30-16-6-2-7-17-30)37-23-12-21-34-33-27-26-32(28-40(33)46-42(34)37)44(31-18-8-3-9-19-31)36-22-13-25-39-41(36)35-20-10-11-24-38(35)45-39/h1-28H. The van der Waals surface area contributed by atoms with Crippen molar-refractivity contribution in [3.63, 3.8) is 0 Å². The van der Waals surface area contributed by atoms with Gasteiger partial charge in [0.15, 0.2) is 5.58 Å². The van der Waals surface area contributed by atoms with Gasteiger partial charge in [0, 0.05) is 45.0 Å². The summed E-state index contributed by atoms with van der Waals surface area (Å²) in [5.74, 6) is 0. The molecule has 0 spiro atoms. The molecule has 218 valence electrons. The normalized spacial score (nSPS) is 11.5. The molecule has 0 bridgehead atoms. The minimum absolute atomic E-state index is 0.825. The molecule has 0 aliphatic heterocycles. The van der Waals surface area contributed by atoms with Gasteiger partial charge in [-0.05, 0) is 72.8 Å². The van der Waals surface area contributed by atoms with Crippen LogP contribution in [0.2, 0.25) is 0 Å². The van der Waals surface area contributed by atoms with Crippen LogP contribution in [0.1, 0.15) is 0 Å². The van der Waals surface area contributed by atoms with E-state index in [0.717, 1.165) is 78.0 Å². The smallest absolute Gasteiger partial charge is 0.159 e. The molecule has 0 fully saturated rings. The summed E-state index contributed by atoms with van der Waals surface area (Å²) in [5.41, 5.74) is 9.62. The Hall–Kier alpha value is -6.26. The van der Waals surface area contributed by atoms with E-state index in [-0.39, 0.29) is 0 Å². The summed E-state index contributed by atoms with van der Waals surface area (Å²) < 4.78 is 13.1. The van der Waals surface area contributed by atoms with Gasteiger partial charge in [0.05, 0.1) is 16.8 Å². The predicted octanol–water partition coefficient (Wildman–Crippen LogP) is 12.4. The second kappa shape index (κ2) is 10.7. The van der Waals surface area contributed by atoms with E-state index < -0.39 is 0 Å². The van der Waals surface area contributed by atoms with Gasteiger partial charge < -0.3 is 18.6 Å². The van der Waals surface area contributed by atoms with Gasteiger partial charge in [-0.25, -0.2) is 0 Å². The minimum atomic E-state index is 0.825. The molecule has 0 atom stereocenters. The summed E-state index contributed by atoms with van der Waals surface area (Å²) >= 11 is 0. The molecule has 0 saturated heterocycles. The summed E-state index contributed by atoms with van der Waals surface area (Å²) in [6, 6.07) is 58.7. The first-order chi connectivity index (χ1) is 22.8. The lowest BCUT2D eigenvalue weighted by atomic mass is 10.1. The number of furan rings is 2. The zero-order valence-electron chi connectivity index (χ0n) is 24.9. The zero-order chi connectivity index (χ0) is 30.5. The van der Waals surface area contributed by atoms with E-state index >= 15 is 0 Å². The molecule has 4 nitrogen and oxygen atoms in total. The maximum Gasteiger partial charge on any atom is 0.159 e. The molecule has 0 aliphatic rings. The Morgan fingerprint density at radius 2 is 0.870 bits per heavy atom. The highest BCUT2D eigenvalue weighted by atomic mass is 16.3. The molecule has 4 heteroatoms. The molecule has 0 N–H and O–H groups in total. The van der Waals surface area contributed by atoms with E-state index in [0.29, 0.717) is 0 Å². The number of anilines is 6. The van der Waals surface area contributed by atoms with Crippen molar-refractivity contribution in [2.24, 2.45) is 0 Å². The van der Waals surface area contributed by atoms with E-state index in [1.807, 2.05) is 36.4 Å². The SMILES string of the molecule is c1ccc(N(c2ccccc2)c2cccc3c2oc2cc(N(c4ccccc4)c4cccc5oc6ccccc6c45)ccc23)cc1. The van der Waals surface area contributed by atoms with E-state index in [1.54, 1.807) is 0 Å². The minimum Gasteiger partial charge on any atom is -0.456 e. The number of para-hydroxylation sites is 5. The fraction of sp³-hybridized carbons (Fsp3) is 0. The Morgan fingerprint density at radius 1 is 0.326 bits per heavy atom. The molecule has 2 aromatic heterocycles. The van der Waals surface area contributed by atoms with Crippen LogP contribution in [0.5, 0.6) is 0 Å². The Kier molecular flexibility index (Phi) is 6.10. The Morgan fingerprint density at radius 3 is 1.57 bits per heavy atom. The summed E-state index contributed by atoms with van der Waals surface area (Å²) in [7, 11) is 0. The first kappa shape index (κ1) is 26.2. The molecule has 0 saturated carbocycles. The maximum atomic E-state index is 6.83. The van der Waals surface area contributed by atoms with Crippen molar-refractivity contribution < 1.29 is 8.83 Å². The second-order valence-electron chi connectivity index (χ2n) is 11.4. The van der Waals surface area contributed by atoms with Gasteiger partial charge in [0.25, 0.3) is 0 Å². The van der Waals surface area contributed by atoms with Gasteiger partial charge in [-0.15, -0.1) is 0 Å². The number of hydrogen-bond donors (Lipinski definition) is 0. The quantitative estimate of drug-likeness (QED) is 0.192. The lowest BCUT2D eigenvalue weighted by Gasteiger charge is -2.26. The van der Waals surface area contributed by atoms with Crippen molar-refractivity contribution in [3.8, 4) is 0 Å². The molecule has 0 aliphatic carbocycles. The number of rotatable bonds is 6. The summed E-state index contributed by atoms with van der Waals surface area (Å²) in [5, 5.41) is 4.31. The van der Waals surface area contributed by atoms with Crippen LogP contribution in [0.15, 0.2) is 179 Å². The molecule has 9 rings (SSSR count). The molecule has 0 radical (unpaired) electrons. The number of benzene rings is 7. The monoisotopic (exact) mass is 592 g/mol. The molecule has 7 aromatic carbocycles. The van der Waals surface area contributed by atoms with Crippen LogP contribution >= 0.6 is 0 Å². The first-order valence-electron chi connectivity index (χ1n) is 15.4. The van der Waals surface area contributed by atoms with Crippen molar-refractivity contribution in [1.82, 2.24) is 0 Å². The topological polar surface area (TPSA) is 32.8 Å². The first-order valence-corrected chi connectivity index (χ1v) is 15.4. The summed E-state index contributed by atoms with van der Waals surface area (Å²) in [6.07, 6.45) is 0. The van der Waals surface area contributed by atoms with Crippen molar-refractivity contribution in [3.05, 3.63) is 170 Å². The van der Waals surface area contributed by atoms with Crippen molar-refractivity contribution >= 4 is 78.0 Å². The third-order valence-corrected chi connectivity index (χ3v) is 8.63. The van der Waals surface area contributed by atoms with E-state index in [9.17, 15) is 0 Å². The Labute approximate surface area is 265 Å². The Balaban J connectivity index is 1.26. The van der Waals surface area contributed by atoms with E-state index in [4.69, 9.17) is 8.83 Å². The lowest BCUT2D eigenvalue weighted by molar-refractivity contribution is 0.669. The fourth-order valence-electron chi connectivity index (χ4n) is 6.62. The Bertz CT molecular complexity index is 2440. The van der Waals surface area contributed by atoms with Crippen LogP contribution in [0.3, 0.4) is 0 Å². The summed E-state index contributed by atoms with van der Waals surface area (Å²) in [4.78, 5) is 4.55. The maximum absolute atomic E-state index is 6.83. The van der Waals surface area contributed by atoms with Gasteiger partial charge in [0.1, 0.15) is 16.7 Å². The predicted molar refractivity (Wildman–Crippen MR) is 190 cm³/mol. The molecule has 2 heterocycles. The van der Waals surface area contributed by atoms with Crippen molar-refractivity contribution in [2.75, 3.05) is 9.80 Å². The second-order valence-corrected chi connectivity index (χ2v) is 11.4. The zero-order valence-corrected chi connectivity index (χ0v) is 24.9. The van der Waals surface area contributed by atoms with Gasteiger partial charge in [-0.1, -0.05) is 91.0 Å². The van der Waals surface area contributed by atoms with Crippen LogP contribution in [-0.4, -0.2) is 0 Å². The highest BCUT2D eigenvalue weighted by Gasteiger charge is 2.22. The van der Waals surface area contributed by atoms with Crippen molar-refractivity contribution in [1.29, 1.82) is 0 Å². The van der Waals surface area contributed by atoms with E-state index in [1.165, 1.54) is 0 Å². The molecule has 9 aromatic rings. The fourth-order valence-corrected chi connectivity index (χ4v) is 6.62. The molecular weight excluding hydrogens is 564 g/mol.